The Morgan fingerprint density at radius 1 is 0.520 bits per heavy atom. The lowest BCUT2D eigenvalue weighted by atomic mass is 9.69. The van der Waals surface area contributed by atoms with E-state index in [9.17, 15) is 0 Å². The number of hydrogen-bond acceptors (Lipinski definition) is 0. The Bertz CT molecular complexity index is 518. The molecule has 1 aromatic carbocycles. The molecule has 4 rings (SSSR count). The quantitative estimate of drug-likeness (QED) is 0.545. The summed E-state index contributed by atoms with van der Waals surface area (Å²) in [6.07, 6.45) is 21.0. The molecule has 1 aromatic rings. The third kappa shape index (κ3) is 4.01. The number of benzene rings is 1. The highest BCUT2D eigenvalue weighted by atomic mass is 14.3. The zero-order valence-corrected chi connectivity index (χ0v) is 16.1. The van der Waals surface area contributed by atoms with Crippen molar-refractivity contribution < 1.29 is 0 Å². The molecule has 0 aliphatic heterocycles. The summed E-state index contributed by atoms with van der Waals surface area (Å²) >= 11 is 0. The molecule has 134 valence electrons. The van der Waals surface area contributed by atoms with Crippen molar-refractivity contribution in [2.75, 3.05) is 0 Å². The van der Waals surface area contributed by atoms with E-state index >= 15 is 0 Å². The van der Waals surface area contributed by atoms with E-state index in [1.165, 1.54) is 102 Å². The SMILES string of the molecule is [B]c1c(C2CCCCC2)cc(C2CCCCC2)cc1C1CCCCC1. The van der Waals surface area contributed by atoms with Gasteiger partial charge in [-0.2, -0.15) is 0 Å². The van der Waals surface area contributed by atoms with E-state index in [1.54, 1.807) is 16.7 Å². The second-order valence-corrected chi connectivity index (χ2v) is 9.12. The molecule has 2 radical (unpaired) electrons. The Labute approximate surface area is 156 Å². The van der Waals surface area contributed by atoms with Crippen molar-refractivity contribution in [1.29, 1.82) is 0 Å². The molecule has 0 N–H and O–H groups in total. The summed E-state index contributed by atoms with van der Waals surface area (Å²) in [5.41, 5.74) is 5.93. The summed E-state index contributed by atoms with van der Waals surface area (Å²) in [7, 11) is 6.84. The van der Waals surface area contributed by atoms with Gasteiger partial charge in [-0.05, 0) is 61.8 Å². The summed E-state index contributed by atoms with van der Waals surface area (Å²) in [4.78, 5) is 0. The molecule has 3 aliphatic carbocycles. The highest BCUT2D eigenvalue weighted by Gasteiger charge is 2.25. The van der Waals surface area contributed by atoms with Gasteiger partial charge in [0.05, 0.1) is 0 Å². The van der Waals surface area contributed by atoms with Crippen molar-refractivity contribution >= 4 is 13.3 Å². The van der Waals surface area contributed by atoms with Gasteiger partial charge in [0.1, 0.15) is 7.85 Å². The fourth-order valence-electron chi connectivity index (χ4n) is 5.90. The molecule has 3 saturated carbocycles. The molecule has 25 heavy (non-hydrogen) atoms. The topological polar surface area (TPSA) is 0 Å². The maximum Gasteiger partial charge on any atom is 0.114 e. The van der Waals surface area contributed by atoms with Crippen LogP contribution in [0.25, 0.3) is 0 Å². The van der Waals surface area contributed by atoms with Crippen molar-refractivity contribution in [2.24, 2.45) is 0 Å². The van der Waals surface area contributed by atoms with Crippen LogP contribution >= 0.6 is 0 Å². The lowest BCUT2D eigenvalue weighted by molar-refractivity contribution is 0.429. The van der Waals surface area contributed by atoms with E-state index in [0.717, 1.165) is 17.8 Å². The zero-order valence-electron chi connectivity index (χ0n) is 16.1. The molecule has 0 nitrogen and oxygen atoms in total. The van der Waals surface area contributed by atoms with Gasteiger partial charge in [-0.3, -0.25) is 0 Å². The van der Waals surface area contributed by atoms with Gasteiger partial charge < -0.3 is 0 Å². The van der Waals surface area contributed by atoms with Gasteiger partial charge in [-0.25, -0.2) is 0 Å². The van der Waals surface area contributed by atoms with E-state index in [2.05, 4.69) is 12.1 Å². The summed E-state index contributed by atoms with van der Waals surface area (Å²) in [6, 6.07) is 5.13. The first-order valence-electron chi connectivity index (χ1n) is 11.3. The fourth-order valence-corrected chi connectivity index (χ4v) is 5.90. The Morgan fingerprint density at radius 2 is 0.880 bits per heavy atom. The molecule has 0 amide bonds. The lowest BCUT2D eigenvalue weighted by Gasteiger charge is -2.32. The molecule has 3 aliphatic rings. The third-order valence-corrected chi connectivity index (χ3v) is 7.43. The number of rotatable bonds is 3. The zero-order chi connectivity index (χ0) is 17.1. The second kappa shape index (κ2) is 8.32. The van der Waals surface area contributed by atoms with Crippen LogP contribution in [0, 0.1) is 0 Å². The summed E-state index contributed by atoms with van der Waals surface area (Å²) in [5, 5.41) is 0. The summed E-state index contributed by atoms with van der Waals surface area (Å²) in [5.74, 6) is 2.28. The second-order valence-electron chi connectivity index (χ2n) is 9.12. The van der Waals surface area contributed by atoms with Crippen LogP contribution in [0.3, 0.4) is 0 Å². The minimum atomic E-state index is 0.736. The third-order valence-electron chi connectivity index (χ3n) is 7.43. The largest absolute Gasteiger partial charge is 0.114 e. The van der Waals surface area contributed by atoms with E-state index in [4.69, 9.17) is 7.85 Å². The van der Waals surface area contributed by atoms with Crippen LogP contribution in [0.1, 0.15) is 131 Å². The molecule has 0 bridgehead atoms. The standard InChI is InChI=1S/C24H35B/c25-24-22(19-12-6-2-7-13-19)16-21(18-10-4-1-5-11-18)17-23(24)20-14-8-3-9-15-20/h16-20H,1-15H2. The Kier molecular flexibility index (Phi) is 5.88. The van der Waals surface area contributed by atoms with Gasteiger partial charge in [-0.1, -0.05) is 86.5 Å². The first-order chi connectivity index (χ1) is 12.3. The van der Waals surface area contributed by atoms with Crippen LogP contribution in [-0.4, -0.2) is 7.85 Å². The van der Waals surface area contributed by atoms with Crippen LogP contribution in [0.2, 0.25) is 0 Å². The van der Waals surface area contributed by atoms with E-state index in [-0.39, 0.29) is 0 Å². The molecule has 0 unspecified atom stereocenters. The molecular weight excluding hydrogens is 299 g/mol. The van der Waals surface area contributed by atoms with Gasteiger partial charge in [0.15, 0.2) is 0 Å². The molecule has 1 heteroatoms. The smallest absolute Gasteiger partial charge is 0.0898 e. The maximum absolute atomic E-state index is 6.84. The van der Waals surface area contributed by atoms with Crippen molar-refractivity contribution in [3.05, 3.63) is 28.8 Å². The lowest BCUT2D eigenvalue weighted by Crippen LogP contribution is -2.25. The van der Waals surface area contributed by atoms with E-state index in [1.807, 2.05) is 0 Å². The monoisotopic (exact) mass is 334 g/mol. The molecule has 0 heterocycles. The first kappa shape index (κ1) is 17.7. The highest BCUT2D eigenvalue weighted by molar-refractivity contribution is 6.34. The molecular formula is C24H35B. The van der Waals surface area contributed by atoms with Gasteiger partial charge in [0.25, 0.3) is 0 Å². The highest BCUT2D eigenvalue weighted by Crippen LogP contribution is 2.40. The Morgan fingerprint density at radius 3 is 1.28 bits per heavy atom. The Balaban J connectivity index is 1.70. The average molecular weight is 334 g/mol. The van der Waals surface area contributed by atoms with Crippen molar-refractivity contribution in [2.45, 2.75) is 114 Å². The van der Waals surface area contributed by atoms with Crippen LogP contribution < -0.4 is 5.46 Å². The van der Waals surface area contributed by atoms with E-state index < -0.39 is 0 Å². The van der Waals surface area contributed by atoms with Gasteiger partial charge in [-0.15, -0.1) is 0 Å². The van der Waals surface area contributed by atoms with Crippen molar-refractivity contribution in [3.63, 3.8) is 0 Å². The van der Waals surface area contributed by atoms with Crippen LogP contribution in [0.15, 0.2) is 12.1 Å². The molecule has 0 spiro atoms. The summed E-state index contributed by atoms with van der Waals surface area (Å²) < 4.78 is 0. The predicted octanol–water partition coefficient (Wildman–Crippen LogP) is 6.62. The van der Waals surface area contributed by atoms with Gasteiger partial charge >= 0.3 is 0 Å². The summed E-state index contributed by atoms with van der Waals surface area (Å²) in [6.45, 7) is 0. The maximum atomic E-state index is 6.84. The van der Waals surface area contributed by atoms with Crippen LogP contribution in [0.5, 0.6) is 0 Å². The van der Waals surface area contributed by atoms with Crippen molar-refractivity contribution in [1.82, 2.24) is 0 Å². The van der Waals surface area contributed by atoms with Crippen molar-refractivity contribution in [3.8, 4) is 0 Å². The molecule has 0 atom stereocenters. The van der Waals surface area contributed by atoms with Crippen LogP contribution in [0.4, 0.5) is 0 Å². The van der Waals surface area contributed by atoms with E-state index in [0.29, 0.717) is 0 Å². The average Bonchev–Trinajstić information content (AvgIpc) is 2.70. The minimum Gasteiger partial charge on any atom is -0.0898 e. The fraction of sp³-hybridized carbons (Fsp3) is 0.750. The molecule has 0 aromatic heterocycles. The minimum absolute atomic E-state index is 0.736. The first-order valence-corrected chi connectivity index (χ1v) is 11.3. The van der Waals surface area contributed by atoms with Gasteiger partial charge in [0, 0.05) is 0 Å². The van der Waals surface area contributed by atoms with Gasteiger partial charge in [0.2, 0.25) is 0 Å². The molecule has 3 fully saturated rings. The van der Waals surface area contributed by atoms with Crippen LogP contribution in [-0.2, 0) is 0 Å². The normalized spacial score (nSPS) is 24.5. The predicted molar refractivity (Wildman–Crippen MR) is 109 cm³/mol. The Hall–Kier alpha value is -0.715. The molecule has 0 saturated heterocycles. The number of hydrogen-bond donors (Lipinski definition) is 0.